The molecule has 3 nitrogen and oxygen atoms in total. The van der Waals surface area contributed by atoms with Gasteiger partial charge in [-0.15, -0.1) is 0 Å². The van der Waals surface area contributed by atoms with Crippen LogP contribution < -0.4 is 5.73 Å². The molecule has 2 aromatic rings. The monoisotopic (exact) mass is 201 g/mol. The molecule has 76 valence electrons. The minimum Gasteiger partial charge on any atom is -0.478 e. The van der Waals surface area contributed by atoms with Crippen LogP contribution in [-0.4, -0.2) is 11.1 Å². The molecule has 0 atom stereocenters. The SMILES string of the molecule is Cc1ccc2c(N)ccc(C(=O)O)c2c1. The molecule has 0 aliphatic rings. The Labute approximate surface area is 87.1 Å². The van der Waals surface area contributed by atoms with Crippen molar-refractivity contribution in [3.8, 4) is 0 Å². The van der Waals surface area contributed by atoms with E-state index in [4.69, 9.17) is 10.8 Å². The summed E-state index contributed by atoms with van der Waals surface area (Å²) in [6, 6.07) is 8.78. The van der Waals surface area contributed by atoms with Crippen molar-refractivity contribution in [2.75, 3.05) is 5.73 Å². The number of aryl methyl sites for hydroxylation is 1. The minimum absolute atomic E-state index is 0.294. The molecule has 3 heteroatoms. The van der Waals surface area contributed by atoms with Crippen LogP contribution in [0.4, 0.5) is 5.69 Å². The van der Waals surface area contributed by atoms with Crippen molar-refractivity contribution in [2.24, 2.45) is 0 Å². The zero-order valence-electron chi connectivity index (χ0n) is 8.32. The zero-order valence-corrected chi connectivity index (χ0v) is 8.32. The number of nitrogens with two attached hydrogens (primary N) is 1. The summed E-state index contributed by atoms with van der Waals surface area (Å²) in [6.45, 7) is 1.92. The summed E-state index contributed by atoms with van der Waals surface area (Å²) in [7, 11) is 0. The van der Waals surface area contributed by atoms with Crippen molar-refractivity contribution in [3.63, 3.8) is 0 Å². The van der Waals surface area contributed by atoms with E-state index < -0.39 is 5.97 Å². The summed E-state index contributed by atoms with van der Waals surface area (Å²) in [5.74, 6) is -0.925. The Morgan fingerprint density at radius 1 is 1.20 bits per heavy atom. The molecule has 0 heterocycles. The molecule has 0 aliphatic carbocycles. The molecule has 15 heavy (non-hydrogen) atoms. The lowest BCUT2D eigenvalue weighted by Gasteiger charge is -2.06. The third kappa shape index (κ3) is 1.52. The number of hydrogen-bond acceptors (Lipinski definition) is 2. The van der Waals surface area contributed by atoms with Gasteiger partial charge in [0.25, 0.3) is 0 Å². The molecule has 0 radical (unpaired) electrons. The maximum atomic E-state index is 11.0. The summed E-state index contributed by atoms with van der Waals surface area (Å²) < 4.78 is 0. The Bertz CT molecular complexity index is 547. The van der Waals surface area contributed by atoms with Crippen molar-refractivity contribution in [1.29, 1.82) is 0 Å². The van der Waals surface area contributed by atoms with Crippen molar-refractivity contribution in [2.45, 2.75) is 6.92 Å². The smallest absolute Gasteiger partial charge is 0.336 e. The summed E-state index contributed by atoms with van der Waals surface area (Å²) in [6.07, 6.45) is 0. The molecular weight excluding hydrogens is 190 g/mol. The van der Waals surface area contributed by atoms with Crippen LogP contribution in [0.15, 0.2) is 30.3 Å². The average Bonchev–Trinajstić information content (AvgIpc) is 2.17. The van der Waals surface area contributed by atoms with Crippen LogP contribution >= 0.6 is 0 Å². The van der Waals surface area contributed by atoms with E-state index in [1.54, 1.807) is 12.1 Å². The maximum Gasteiger partial charge on any atom is 0.336 e. The van der Waals surface area contributed by atoms with Crippen LogP contribution in [0.1, 0.15) is 15.9 Å². The molecule has 0 saturated carbocycles. The third-order valence-corrected chi connectivity index (χ3v) is 2.44. The van der Waals surface area contributed by atoms with Gasteiger partial charge in [-0.2, -0.15) is 0 Å². The lowest BCUT2D eigenvalue weighted by molar-refractivity contribution is 0.0699. The molecule has 2 rings (SSSR count). The van der Waals surface area contributed by atoms with E-state index in [0.717, 1.165) is 10.9 Å². The van der Waals surface area contributed by atoms with Gasteiger partial charge in [-0.1, -0.05) is 23.8 Å². The first-order valence-electron chi connectivity index (χ1n) is 4.62. The van der Waals surface area contributed by atoms with Crippen LogP contribution in [0.2, 0.25) is 0 Å². The normalized spacial score (nSPS) is 10.5. The van der Waals surface area contributed by atoms with E-state index in [1.807, 2.05) is 25.1 Å². The van der Waals surface area contributed by atoms with E-state index in [2.05, 4.69) is 0 Å². The third-order valence-electron chi connectivity index (χ3n) is 2.44. The number of carboxylic acids is 1. The van der Waals surface area contributed by atoms with Crippen molar-refractivity contribution < 1.29 is 9.90 Å². The number of nitrogen functional groups attached to an aromatic ring is 1. The van der Waals surface area contributed by atoms with Gasteiger partial charge >= 0.3 is 5.97 Å². The van der Waals surface area contributed by atoms with Crippen molar-refractivity contribution in [3.05, 3.63) is 41.5 Å². The summed E-state index contributed by atoms with van der Waals surface area (Å²) >= 11 is 0. The topological polar surface area (TPSA) is 63.3 Å². The predicted octanol–water partition coefficient (Wildman–Crippen LogP) is 2.43. The van der Waals surface area contributed by atoms with Crippen molar-refractivity contribution >= 4 is 22.4 Å². The fraction of sp³-hybridized carbons (Fsp3) is 0.0833. The Kier molecular flexibility index (Phi) is 2.08. The van der Waals surface area contributed by atoms with Crippen LogP contribution in [0.5, 0.6) is 0 Å². The molecule has 0 aromatic heterocycles. The number of hydrogen-bond donors (Lipinski definition) is 2. The second-order valence-corrected chi connectivity index (χ2v) is 3.56. The average molecular weight is 201 g/mol. The fourth-order valence-corrected chi connectivity index (χ4v) is 1.67. The maximum absolute atomic E-state index is 11.0. The van der Waals surface area contributed by atoms with Gasteiger partial charge in [0.1, 0.15) is 0 Å². The number of anilines is 1. The van der Waals surface area contributed by atoms with Crippen LogP contribution in [0.3, 0.4) is 0 Å². The molecule has 0 saturated heterocycles. The second-order valence-electron chi connectivity index (χ2n) is 3.56. The van der Waals surface area contributed by atoms with Gasteiger partial charge in [-0.05, 0) is 24.4 Å². The highest BCUT2D eigenvalue weighted by atomic mass is 16.4. The van der Waals surface area contributed by atoms with Gasteiger partial charge in [0.2, 0.25) is 0 Å². The molecule has 2 aromatic carbocycles. The van der Waals surface area contributed by atoms with Gasteiger partial charge in [0, 0.05) is 11.1 Å². The molecule has 0 spiro atoms. The molecule has 0 fully saturated rings. The highest BCUT2D eigenvalue weighted by Gasteiger charge is 2.09. The van der Waals surface area contributed by atoms with Gasteiger partial charge < -0.3 is 10.8 Å². The quantitative estimate of drug-likeness (QED) is 0.696. The first-order chi connectivity index (χ1) is 7.09. The Balaban J connectivity index is 2.90. The van der Waals surface area contributed by atoms with E-state index in [0.29, 0.717) is 16.6 Å². The minimum atomic E-state index is -0.925. The standard InChI is InChI=1S/C12H11NO2/c1-7-2-3-8-10(6-7)9(12(14)15)4-5-11(8)13/h2-6H,13H2,1H3,(H,14,15). The molecule has 3 N–H and O–H groups in total. The summed E-state index contributed by atoms with van der Waals surface area (Å²) in [5.41, 5.74) is 7.71. The number of aromatic carboxylic acids is 1. The van der Waals surface area contributed by atoms with Gasteiger partial charge in [0.05, 0.1) is 5.56 Å². The Morgan fingerprint density at radius 2 is 1.93 bits per heavy atom. The van der Waals surface area contributed by atoms with E-state index in [1.165, 1.54) is 0 Å². The zero-order chi connectivity index (χ0) is 11.0. The number of carboxylic acid groups (broad SMARTS) is 1. The summed E-state index contributed by atoms with van der Waals surface area (Å²) in [5, 5.41) is 10.5. The molecule has 0 amide bonds. The van der Waals surface area contributed by atoms with Crippen molar-refractivity contribution in [1.82, 2.24) is 0 Å². The van der Waals surface area contributed by atoms with E-state index in [-0.39, 0.29) is 0 Å². The molecule has 0 aliphatic heterocycles. The van der Waals surface area contributed by atoms with Crippen LogP contribution in [0.25, 0.3) is 10.8 Å². The van der Waals surface area contributed by atoms with Gasteiger partial charge in [0.15, 0.2) is 0 Å². The summed E-state index contributed by atoms with van der Waals surface area (Å²) in [4.78, 5) is 11.0. The number of benzene rings is 2. The fourth-order valence-electron chi connectivity index (χ4n) is 1.67. The molecule has 0 unspecified atom stereocenters. The van der Waals surface area contributed by atoms with Crippen LogP contribution in [0, 0.1) is 6.92 Å². The number of fused-ring (bicyclic) bond motifs is 1. The highest BCUT2D eigenvalue weighted by molar-refractivity contribution is 6.07. The Hall–Kier alpha value is -2.03. The number of carbonyl (C=O) groups is 1. The number of rotatable bonds is 1. The molecule has 0 bridgehead atoms. The van der Waals surface area contributed by atoms with E-state index in [9.17, 15) is 4.79 Å². The Morgan fingerprint density at radius 3 is 2.60 bits per heavy atom. The van der Waals surface area contributed by atoms with E-state index >= 15 is 0 Å². The second kappa shape index (κ2) is 3.28. The van der Waals surface area contributed by atoms with Gasteiger partial charge in [-0.3, -0.25) is 0 Å². The molecular formula is C12H11NO2. The predicted molar refractivity (Wildman–Crippen MR) is 60.1 cm³/mol. The highest BCUT2D eigenvalue weighted by Crippen LogP contribution is 2.25. The lowest BCUT2D eigenvalue weighted by atomic mass is 10.0. The van der Waals surface area contributed by atoms with Crippen LogP contribution in [-0.2, 0) is 0 Å². The lowest BCUT2D eigenvalue weighted by Crippen LogP contribution is -1.99. The largest absolute Gasteiger partial charge is 0.478 e. The first-order valence-corrected chi connectivity index (χ1v) is 4.62. The van der Waals surface area contributed by atoms with Gasteiger partial charge in [-0.25, -0.2) is 4.79 Å². The first kappa shape index (κ1) is 9.52.